The highest BCUT2D eigenvalue weighted by Crippen LogP contribution is 2.15. The van der Waals surface area contributed by atoms with Crippen molar-refractivity contribution in [1.82, 2.24) is 0 Å². The smallest absolute Gasteiger partial charge is 0.336 e. The molecule has 2 rings (SSSR count). The Morgan fingerprint density at radius 3 is 2.32 bits per heavy atom. The van der Waals surface area contributed by atoms with Crippen LogP contribution in [0, 0.1) is 5.82 Å². The van der Waals surface area contributed by atoms with Crippen LogP contribution in [0.5, 0.6) is 5.75 Å². The molecule has 19 heavy (non-hydrogen) atoms. The van der Waals surface area contributed by atoms with E-state index in [9.17, 15) is 9.18 Å². The summed E-state index contributed by atoms with van der Waals surface area (Å²) in [5, 5.41) is 0.571. The van der Waals surface area contributed by atoms with E-state index in [-0.39, 0.29) is 5.82 Å². The van der Waals surface area contributed by atoms with E-state index >= 15 is 0 Å². The van der Waals surface area contributed by atoms with Gasteiger partial charge in [0.05, 0.1) is 0 Å². The van der Waals surface area contributed by atoms with E-state index < -0.39 is 5.97 Å². The highest BCUT2D eigenvalue weighted by molar-refractivity contribution is 6.30. The van der Waals surface area contributed by atoms with Crippen molar-refractivity contribution in [2.75, 3.05) is 0 Å². The molecule has 2 aromatic carbocycles. The summed E-state index contributed by atoms with van der Waals surface area (Å²) < 4.78 is 17.7. The third-order valence-electron chi connectivity index (χ3n) is 2.31. The molecule has 0 bridgehead atoms. The van der Waals surface area contributed by atoms with E-state index in [1.165, 1.54) is 18.2 Å². The maximum atomic E-state index is 12.7. The molecular formula is C15H10ClFO2. The van der Waals surface area contributed by atoms with Crippen LogP contribution in [-0.2, 0) is 4.79 Å². The second-order valence-electron chi connectivity index (χ2n) is 3.76. The lowest BCUT2D eigenvalue weighted by Gasteiger charge is -2.00. The number of benzene rings is 2. The first kappa shape index (κ1) is 13.3. The number of carbonyl (C=O) groups excluding carboxylic acids is 1. The lowest BCUT2D eigenvalue weighted by molar-refractivity contribution is -0.128. The molecule has 0 aliphatic heterocycles. The van der Waals surface area contributed by atoms with E-state index in [1.54, 1.807) is 42.5 Å². The van der Waals surface area contributed by atoms with Gasteiger partial charge in [0.25, 0.3) is 0 Å². The van der Waals surface area contributed by atoms with Crippen LogP contribution in [0.1, 0.15) is 5.56 Å². The van der Waals surface area contributed by atoms with Crippen molar-refractivity contribution in [1.29, 1.82) is 0 Å². The molecule has 96 valence electrons. The van der Waals surface area contributed by atoms with Crippen molar-refractivity contribution < 1.29 is 13.9 Å². The first-order chi connectivity index (χ1) is 9.13. The van der Waals surface area contributed by atoms with Gasteiger partial charge >= 0.3 is 5.97 Å². The molecule has 2 aromatic rings. The van der Waals surface area contributed by atoms with Crippen LogP contribution in [0.2, 0.25) is 5.02 Å². The maximum Gasteiger partial charge on any atom is 0.336 e. The van der Waals surface area contributed by atoms with E-state index in [4.69, 9.17) is 16.3 Å². The molecule has 0 aromatic heterocycles. The lowest BCUT2D eigenvalue weighted by Crippen LogP contribution is -2.03. The second-order valence-corrected chi connectivity index (χ2v) is 4.20. The van der Waals surface area contributed by atoms with Gasteiger partial charge in [-0.05, 0) is 48.0 Å². The Hall–Kier alpha value is -2.13. The van der Waals surface area contributed by atoms with Crippen molar-refractivity contribution in [2.24, 2.45) is 0 Å². The number of halogens is 2. The Labute approximate surface area is 115 Å². The predicted octanol–water partition coefficient (Wildman–Crippen LogP) is 4.10. The standard InChI is InChI=1S/C15H10ClFO2/c16-12-4-8-14(9-5-12)19-15(18)10-3-11-1-6-13(17)7-2-11/h1-10H/b10-3+. The van der Waals surface area contributed by atoms with Gasteiger partial charge in [-0.1, -0.05) is 23.7 Å². The van der Waals surface area contributed by atoms with Gasteiger partial charge in [-0.25, -0.2) is 9.18 Å². The van der Waals surface area contributed by atoms with Crippen LogP contribution >= 0.6 is 11.6 Å². The van der Waals surface area contributed by atoms with Gasteiger partial charge in [0, 0.05) is 11.1 Å². The molecule has 0 aliphatic carbocycles. The van der Waals surface area contributed by atoms with Gasteiger partial charge in [-0.15, -0.1) is 0 Å². The zero-order valence-electron chi connectivity index (χ0n) is 9.85. The number of hydrogen-bond donors (Lipinski definition) is 0. The van der Waals surface area contributed by atoms with Gasteiger partial charge in [0.2, 0.25) is 0 Å². The van der Waals surface area contributed by atoms with E-state index in [2.05, 4.69) is 0 Å². The van der Waals surface area contributed by atoms with Crippen molar-refractivity contribution in [3.63, 3.8) is 0 Å². The van der Waals surface area contributed by atoms with Crippen LogP contribution < -0.4 is 4.74 Å². The highest BCUT2D eigenvalue weighted by Gasteiger charge is 2.00. The molecule has 0 amide bonds. The zero-order chi connectivity index (χ0) is 13.7. The Bertz CT molecular complexity index is 589. The number of carbonyl (C=O) groups is 1. The predicted molar refractivity (Wildman–Crippen MR) is 72.5 cm³/mol. The van der Waals surface area contributed by atoms with Crippen LogP contribution in [0.25, 0.3) is 6.08 Å². The van der Waals surface area contributed by atoms with E-state index in [1.807, 2.05) is 0 Å². The molecule has 4 heteroatoms. The summed E-state index contributed by atoms with van der Waals surface area (Å²) in [6.07, 6.45) is 2.83. The monoisotopic (exact) mass is 276 g/mol. The lowest BCUT2D eigenvalue weighted by atomic mass is 10.2. The fourth-order valence-electron chi connectivity index (χ4n) is 1.39. The second kappa shape index (κ2) is 6.16. The van der Waals surface area contributed by atoms with Crippen molar-refractivity contribution >= 4 is 23.6 Å². The van der Waals surface area contributed by atoms with Crippen LogP contribution in [0.4, 0.5) is 4.39 Å². The topological polar surface area (TPSA) is 26.3 Å². The molecule has 0 saturated heterocycles. The molecule has 0 atom stereocenters. The zero-order valence-corrected chi connectivity index (χ0v) is 10.6. The molecule has 0 heterocycles. The van der Waals surface area contributed by atoms with Gasteiger partial charge in [0.15, 0.2) is 0 Å². The fourth-order valence-corrected chi connectivity index (χ4v) is 1.52. The summed E-state index contributed by atoms with van der Waals surface area (Å²) in [7, 11) is 0. The number of esters is 1. The van der Waals surface area contributed by atoms with Crippen LogP contribution in [-0.4, -0.2) is 5.97 Å². The third kappa shape index (κ3) is 4.23. The van der Waals surface area contributed by atoms with Crippen molar-refractivity contribution in [3.8, 4) is 5.75 Å². The van der Waals surface area contributed by atoms with Crippen molar-refractivity contribution in [3.05, 3.63) is 71.0 Å². The summed E-state index contributed by atoms with van der Waals surface area (Å²) in [6.45, 7) is 0. The number of rotatable bonds is 3. The fraction of sp³-hybridized carbons (Fsp3) is 0. The van der Waals surface area contributed by atoms with Gasteiger partial charge in [-0.3, -0.25) is 0 Å². The van der Waals surface area contributed by atoms with Gasteiger partial charge < -0.3 is 4.74 Å². The molecule has 0 saturated carbocycles. The Balaban J connectivity index is 1.97. The molecule has 0 fully saturated rings. The summed E-state index contributed by atoms with van der Waals surface area (Å²) in [5.74, 6) is -0.411. The summed E-state index contributed by atoms with van der Waals surface area (Å²) >= 11 is 5.72. The molecule has 0 spiro atoms. The normalized spacial score (nSPS) is 10.6. The van der Waals surface area contributed by atoms with Crippen molar-refractivity contribution in [2.45, 2.75) is 0 Å². The first-order valence-corrected chi connectivity index (χ1v) is 5.92. The molecular weight excluding hydrogens is 267 g/mol. The molecule has 0 aliphatic rings. The molecule has 2 nitrogen and oxygen atoms in total. The summed E-state index contributed by atoms with van der Waals surface area (Å²) in [5.41, 5.74) is 0.717. The van der Waals surface area contributed by atoms with Gasteiger partial charge in [0.1, 0.15) is 11.6 Å². The van der Waals surface area contributed by atoms with E-state index in [0.717, 1.165) is 5.56 Å². The van der Waals surface area contributed by atoms with Gasteiger partial charge in [-0.2, -0.15) is 0 Å². The SMILES string of the molecule is O=C(/C=C/c1ccc(F)cc1)Oc1ccc(Cl)cc1. The first-order valence-electron chi connectivity index (χ1n) is 5.54. The highest BCUT2D eigenvalue weighted by atomic mass is 35.5. The Morgan fingerprint density at radius 1 is 1.05 bits per heavy atom. The summed E-state index contributed by atoms with van der Waals surface area (Å²) in [6, 6.07) is 12.3. The number of hydrogen-bond acceptors (Lipinski definition) is 2. The number of ether oxygens (including phenoxy) is 1. The maximum absolute atomic E-state index is 12.7. The molecule has 0 radical (unpaired) electrons. The quantitative estimate of drug-likeness (QED) is 0.479. The largest absolute Gasteiger partial charge is 0.423 e. The Morgan fingerprint density at radius 2 is 1.68 bits per heavy atom. The van der Waals surface area contributed by atoms with E-state index in [0.29, 0.717) is 10.8 Å². The third-order valence-corrected chi connectivity index (χ3v) is 2.57. The minimum atomic E-state index is -0.508. The minimum Gasteiger partial charge on any atom is -0.423 e. The average molecular weight is 277 g/mol. The average Bonchev–Trinajstić information content (AvgIpc) is 2.41. The summed E-state index contributed by atoms with van der Waals surface area (Å²) in [4.78, 5) is 11.5. The van der Waals surface area contributed by atoms with Crippen LogP contribution in [0.3, 0.4) is 0 Å². The molecule has 0 N–H and O–H groups in total. The molecule has 0 unspecified atom stereocenters. The van der Waals surface area contributed by atoms with Crippen LogP contribution in [0.15, 0.2) is 54.6 Å². The Kier molecular flexibility index (Phi) is 4.31. The minimum absolute atomic E-state index is 0.319.